The molecule has 0 aromatic carbocycles. The SMILES string of the molecule is CC(=O)NC1CCC(N(c2c(C(N)=O)cnn3cc(-c4ccncc4)nc23)C(C)C)CC1. The highest BCUT2D eigenvalue weighted by molar-refractivity contribution is 6.01. The number of aromatic nitrogens is 4. The largest absolute Gasteiger partial charge is 0.365 e. The van der Waals surface area contributed by atoms with E-state index in [1.54, 1.807) is 23.8 Å². The zero-order valence-corrected chi connectivity index (χ0v) is 18.7. The fourth-order valence-corrected chi connectivity index (χ4v) is 4.67. The van der Waals surface area contributed by atoms with Crippen molar-refractivity contribution in [1.82, 2.24) is 24.9 Å². The number of amides is 2. The topological polar surface area (TPSA) is 119 Å². The number of nitrogens with zero attached hydrogens (tertiary/aromatic N) is 5. The zero-order chi connectivity index (χ0) is 22.8. The van der Waals surface area contributed by atoms with Gasteiger partial charge in [-0.25, -0.2) is 9.50 Å². The number of nitrogens with two attached hydrogens (primary N) is 1. The molecule has 32 heavy (non-hydrogen) atoms. The summed E-state index contributed by atoms with van der Waals surface area (Å²) in [7, 11) is 0. The minimum Gasteiger partial charge on any atom is -0.365 e. The van der Waals surface area contributed by atoms with E-state index in [1.165, 1.54) is 6.20 Å². The van der Waals surface area contributed by atoms with Crippen LogP contribution in [0.15, 0.2) is 36.9 Å². The number of fused-ring (bicyclic) bond motifs is 1. The number of carbonyl (C=O) groups is 2. The lowest BCUT2D eigenvalue weighted by Crippen LogP contribution is -2.47. The van der Waals surface area contributed by atoms with Crippen LogP contribution < -0.4 is 16.0 Å². The van der Waals surface area contributed by atoms with Gasteiger partial charge in [-0.15, -0.1) is 0 Å². The van der Waals surface area contributed by atoms with Gasteiger partial charge in [0.2, 0.25) is 5.91 Å². The van der Waals surface area contributed by atoms with Gasteiger partial charge in [0.25, 0.3) is 5.91 Å². The Morgan fingerprint density at radius 1 is 1.19 bits per heavy atom. The lowest BCUT2D eigenvalue weighted by Gasteiger charge is -2.41. The maximum atomic E-state index is 12.4. The molecule has 1 saturated carbocycles. The summed E-state index contributed by atoms with van der Waals surface area (Å²) >= 11 is 0. The molecule has 9 heteroatoms. The lowest BCUT2D eigenvalue weighted by atomic mass is 9.89. The van der Waals surface area contributed by atoms with E-state index < -0.39 is 5.91 Å². The Kier molecular flexibility index (Phi) is 6.07. The van der Waals surface area contributed by atoms with Gasteiger partial charge in [-0.1, -0.05) is 0 Å². The van der Waals surface area contributed by atoms with Crippen molar-refractivity contribution >= 4 is 23.1 Å². The molecule has 1 aliphatic carbocycles. The van der Waals surface area contributed by atoms with E-state index in [-0.39, 0.29) is 24.0 Å². The first kappa shape index (κ1) is 21.7. The Hall–Kier alpha value is -3.49. The van der Waals surface area contributed by atoms with Crippen LogP contribution in [0.5, 0.6) is 0 Å². The van der Waals surface area contributed by atoms with E-state index in [0.717, 1.165) is 36.9 Å². The smallest absolute Gasteiger partial charge is 0.252 e. The second-order valence-corrected chi connectivity index (χ2v) is 8.61. The van der Waals surface area contributed by atoms with Gasteiger partial charge < -0.3 is 16.0 Å². The standard InChI is InChI=1S/C23H29N7O2/c1-14(2)30(18-6-4-17(5-7-18)27-15(3)31)21-19(22(24)32)12-26-29-13-20(28-23(21)29)16-8-10-25-11-9-16/h8-14,17-18H,4-7H2,1-3H3,(H2,24,32)(H,27,31). The highest BCUT2D eigenvalue weighted by atomic mass is 16.1. The minimum atomic E-state index is -0.527. The van der Waals surface area contributed by atoms with Crippen LogP contribution in [0.3, 0.4) is 0 Å². The third-order valence-corrected chi connectivity index (χ3v) is 6.02. The Balaban J connectivity index is 1.77. The average molecular weight is 436 g/mol. The third-order valence-electron chi connectivity index (χ3n) is 6.02. The Bertz CT molecular complexity index is 1120. The normalized spacial score (nSPS) is 18.6. The number of hydrogen-bond acceptors (Lipinski definition) is 6. The molecule has 0 bridgehead atoms. The molecule has 3 aromatic heterocycles. The molecule has 1 aliphatic rings. The Morgan fingerprint density at radius 2 is 1.88 bits per heavy atom. The summed E-state index contributed by atoms with van der Waals surface area (Å²) in [6.07, 6.45) is 10.4. The van der Waals surface area contributed by atoms with Crippen LogP contribution in [0.4, 0.5) is 5.69 Å². The summed E-state index contributed by atoms with van der Waals surface area (Å²) in [5.74, 6) is -0.525. The Morgan fingerprint density at radius 3 is 2.47 bits per heavy atom. The quantitative estimate of drug-likeness (QED) is 0.614. The van der Waals surface area contributed by atoms with Gasteiger partial charge in [0.05, 0.1) is 29.3 Å². The second-order valence-electron chi connectivity index (χ2n) is 8.61. The summed E-state index contributed by atoms with van der Waals surface area (Å²) in [4.78, 5) is 35.0. The highest BCUT2D eigenvalue weighted by Gasteiger charge is 2.32. The van der Waals surface area contributed by atoms with Crippen LogP contribution in [0.2, 0.25) is 0 Å². The van der Waals surface area contributed by atoms with Crippen molar-refractivity contribution in [3.8, 4) is 11.3 Å². The van der Waals surface area contributed by atoms with Gasteiger partial charge in [0.1, 0.15) is 0 Å². The van der Waals surface area contributed by atoms with Gasteiger partial charge in [0.15, 0.2) is 5.65 Å². The van der Waals surface area contributed by atoms with Gasteiger partial charge in [-0.05, 0) is 51.7 Å². The highest BCUT2D eigenvalue weighted by Crippen LogP contribution is 2.35. The molecule has 4 rings (SSSR count). The van der Waals surface area contributed by atoms with Gasteiger partial charge in [-0.2, -0.15) is 5.10 Å². The predicted molar refractivity (Wildman–Crippen MR) is 122 cm³/mol. The Labute approximate surface area is 187 Å². The van der Waals surface area contributed by atoms with Crippen LogP contribution >= 0.6 is 0 Å². The van der Waals surface area contributed by atoms with Crippen LogP contribution in [-0.4, -0.2) is 49.5 Å². The molecule has 0 atom stereocenters. The number of imidazole rings is 1. The zero-order valence-electron chi connectivity index (χ0n) is 18.7. The fourth-order valence-electron chi connectivity index (χ4n) is 4.67. The second kappa shape index (κ2) is 8.94. The molecule has 9 nitrogen and oxygen atoms in total. The first-order valence-electron chi connectivity index (χ1n) is 11.0. The molecule has 0 aliphatic heterocycles. The monoisotopic (exact) mass is 435 g/mol. The first-order chi connectivity index (χ1) is 15.3. The third kappa shape index (κ3) is 4.28. The van der Waals surface area contributed by atoms with Crippen LogP contribution in [-0.2, 0) is 4.79 Å². The van der Waals surface area contributed by atoms with E-state index in [4.69, 9.17) is 10.7 Å². The van der Waals surface area contributed by atoms with Crippen molar-refractivity contribution in [2.75, 3.05) is 4.90 Å². The lowest BCUT2D eigenvalue weighted by molar-refractivity contribution is -0.119. The molecule has 3 heterocycles. The summed E-state index contributed by atoms with van der Waals surface area (Å²) in [6.45, 7) is 5.76. The van der Waals surface area contributed by atoms with Gasteiger partial charge in [-0.3, -0.25) is 14.6 Å². The molecule has 0 saturated heterocycles. The van der Waals surface area contributed by atoms with Gasteiger partial charge in [0, 0.05) is 43.0 Å². The maximum absolute atomic E-state index is 12.4. The van der Waals surface area contributed by atoms with Crippen LogP contribution in [0.25, 0.3) is 16.9 Å². The molecule has 168 valence electrons. The van der Waals surface area contributed by atoms with E-state index in [0.29, 0.717) is 16.9 Å². The number of primary amides is 1. The van der Waals surface area contributed by atoms with Crippen LogP contribution in [0.1, 0.15) is 56.8 Å². The van der Waals surface area contributed by atoms with E-state index in [2.05, 4.69) is 34.1 Å². The number of anilines is 1. The van der Waals surface area contributed by atoms with Crippen molar-refractivity contribution < 1.29 is 9.59 Å². The van der Waals surface area contributed by atoms with Crippen molar-refractivity contribution in [2.24, 2.45) is 5.73 Å². The average Bonchev–Trinajstić information content (AvgIpc) is 3.20. The van der Waals surface area contributed by atoms with Crippen molar-refractivity contribution in [1.29, 1.82) is 0 Å². The number of hydrogen-bond donors (Lipinski definition) is 2. The predicted octanol–water partition coefficient (Wildman–Crippen LogP) is 2.55. The van der Waals surface area contributed by atoms with Crippen molar-refractivity contribution in [3.63, 3.8) is 0 Å². The summed E-state index contributed by atoms with van der Waals surface area (Å²) in [5.41, 5.74) is 9.12. The summed E-state index contributed by atoms with van der Waals surface area (Å²) in [6, 6.07) is 4.28. The molecule has 3 aromatic rings. The fraction of sp³-hybridized carbons (Fsp3) is 0.435. The van der Waals surface area contributed by atoms with E-state index in [9.17, 15) is 9.59 Å². The molecular weight excluding hydrogens is 406 g/mol. The number of carbonyl (C=O) groups excluding carboxylic acids is 2. The van der Waals surface area contributed by atoms with Crippen molar-refractivity contribution in [3.05, 3.63) is 42.5 Å². The van der Waals surface area contributed by atoms with E-state index in [1.807, 2.05) is 18.3 Å². The van der Waals surface area contributed by atoms with E-state index >= 15 is 0 Å². The molecule has 2 amide bonds. The first-order valence-corrected chi connectivity index (χ1v) is 11.0. The minimum absolute atomic E-state index is 0.00190. The van der Waals surface area contributed by atoms with Crippen LogP contribution in [0, 0.1) is 0 Å². The number of rotatable bonds is 6. The molecule has 1 fully saturated rings. The summed E-state index contributed by atoms with van der Waals surface area (Å²) in [5, 5.41) is 7.43. The maximum Gasteiger partial charge on any atom is 0.252 e. The van der Waals surface area contributed by atoms with Gasteiger partial charge >= 0.3 is 0 Å². The number of pyridine rings is 1. The molecule has 0 spiro atoms. The summed E-state index contributed by atoms with van der Waals surface area (Å²) < 4.78 is 1.70. The van der Waals surface area contributed by atoms with Crippen molar-refractivity contribution in [2.45, 2.75) is 64.6 Å². The molecule has 0 unspecified atom stereocenters. The molecule has 3 N–H and O–H groups in total. The molecular formula is C23H29N7O2. The molecule has 0 radical (unpaired) electrons. The number of nitrogens with one attached hydrogen (secondary N) is 1.